The van der Waals surface area contributed by atoms with Crippen LogP contribution < -0.4 is 9.47 Å². The normalized spacial score (nSPS) is 29.3. The maximum atomic E-state index is 5.54. The summed E-state index contributed by atoms with van der Waals surface area (Å²) in [7, 11) is 3.43. The minimum absolute atomic E-state index is 0.852. The number of fused-ring (bicyclic) bond motifs is 2. The fourth-order valence-corrected chi connectivity index (χ4v) is 4.79. The lowest BCUT2D eigenvalue weighted by Gasteiger charge is -2.37. The van der Waals surface area contributed by atoms with E-state index in [1.807, 2.05) is 12.1 Å². The van der Waals surface area contributed by atoms with E-state index in [2.05, 4.69) is 28.0 Å². The van der Waals surface area contributed by atoms with Gasteiger partial charge in [0.05, 0.1) is 14.2 Å². The van der Waals surface area contributed by atoms with Crippen molar-refractivity contribution >= 4 is 0 Å². The van der Waals surface area contributed by atoms with E-state index in [1.165, 1.54) is 38.0 Å². The zero-order valence-corrected chi connectivity index (χ0v) is 15.5. The Balaban J connectivity index is 1.28. The molecule has 0 N–H and O–H groups in total. The molecule has 0 amide bonds. The van der Waals surface area contributed by atoms with E-state index in [4.69, 9.17) is 9.47 Å². The number of methoxy groups -OCH3 is 2. The smallest absolute Gasteiger partial charge is 0.127 e. The van der Waals surface area contributed by atoms with Crippen LogP contribution in [0.15, 0.2) is 30.4 Å². The molecule has 0 aromatic heterocycles. The van der Waals surface area contributed by atoms with Gasteiger partial charge in [-0.05, 0) is 36.7 Å². The van der Waals surface area contributed by atoms with E-state index >= 15 is 0 Å². The molecule has 0 spiro atoms. The molecule has 3 atom stereocenters. The number of hydrogen-bond acceptors (Lipinski definition) is 4. The summed E-state index contributed by atoms with van der Waals surface area (Å²) < 4.78 is 10.8. The van der Waals surface area contributed by atoms with Crippen molar-refractivity contribution < 1.29 is 9.47 Å². The second-order valence-corrected chi connectivity index (χ2v) is 7.79. The topological polar surface area (TPSA) is 24.9 Å². The van der Waals surface area contributed by atoms with Gasteiger partial charge in [0.15, 0.2) is 0 Å². The first-order valence-electron chi connectivity index (χ1n) is 9.59. The monoisotopic (exact) mass is 342 g/mol. The Kier molecular flexibility index (Phi) is 5.00. The molecular weight excluding hydrogens is 312 g/mol. The first kappa shape index (κ1) is 16.9. The van der Waals surface area contributed by atoms with Gasteiger partial charge in [-0.15, -0.1) is 0 Å². The van der Waals surface area contributed by atoms with Crippen molar-refractivity contribution in [3.05, 3.63) is 35.9 Å². The number of hydrogen-bond donors (Lipinski definition) is 0. The average Bonchev–Trinajstić information content (AvgIpc) is 3.26. The molecule has 1 aromatic rings. The summed E-state index contributed by atoms with van der Waals surface area (Å²) >= 11 is 0. The standard InChI is InChI=1S/C21H30N2O2/c1-24-20-6-5-18(21(13-20)25-2)14-22-7-9-23(10-8-22)15-19-12-16-3-4-17(19)11-16/h3-6,13,16-17,19H,7-12,14-15H2,1-2H3. The molecule has 25 heavy (non-hydrogen) atoms. The van der Waals surface area contributed by atoms with Crippen molar-refractivity contribution in [2.24, 2.45) is 17.8 Å². The van der Waals surface area contributed by atoms with Gasteiger partial charge < -0.3 is 14.4 Å². The predicted octanol–water partition coefficient (Wildman–Crippen LogP) is 3.03. The Bertz CT molecular complexity index is 622. The lowest BCUT2D eigenvalue weighted by atomic mass is 9.93. The molecule has 0 radical (unpaired) electrons. The molecule has 1 saturated heterocycles. The minimum atomic E-state index is 0.852. The highest BCUT2D eigenvalue weighted by Gasteiger charge is 2.36. The van der Waals surface area contributed by atoms with Crippen molar-refractivity contribution in [2.75, 3.05) is 46.9 Å². The summed E-state index contributed by atoms with van der Waals surface area (Å²) in [5, 5.41) is 0. The number of rotatable bonds is 6. The summed E-state index contributed by atoms with van der Waals surface area (Å²) in [6, 6.07) is 6.14. The van der Waals surface area contributed by atoms with Gasteiger partial charge >= 0.3 is 0 Å². The maximum Gasteiger partial charge on any atom is 0.127 e. The zero-order chi connectivity index (χ0) is 17.2. The Labute approximate surface area is 151 Å². The van der Waals surface area contributed by atoms with E-state index in [1.54, 1.807) is 14.2 Å². The lowest BCUT2D eigenvalue weighted by molar-refractivity contribution is 0.108. The Hall–Kier alpha value is -1.52. The molecular formula is C21H30N2O2. The van der Waals surface area contributed by atoms with Crippen LogP contribution in [0, 0.1) is 17.8 Å². The van der Waals surface area contributed by atoms with E-state index in [9.17, 15) is 0 Å². The summed E-state index contributed by atoms with van der Waals surface area (Å²) in [5.74, 6) is 4.44. The first-order valence-corrected chi connectivity index (χ1v) is 9.59. The number of allylic oxidation sites excluding steroid dienone is 2. The molecule has 1 aliphatic heterocycles. The third-order valence-electron chi connectivity index (χ3n) is 6.26. The van der Waals surface area contributed by atoms with Crippen LogP contribution in [0.3, 0.4) is 0 Å². The summed E-state index contributed by atoms with van der Waals surface area (Å²) in [5.41, 5.74) is 1.25. The van der Waals surface area contributed by atoms with Crippen molar-refractivity contribution in [1.29, 1.82) is 0 Å². The molecule has 1 saturated carbocycles. The van der Waals surface area contributed by atoms with Gasteiger partial charge in [-0.3, -0.25) is 4.90 Å². The molecule has 3 aliphatic rings. The molecule has 1 heterocycles. The van der Waals surface area contributed by atoms with Crippen LogP contribution >= 0.6 is 0 Å². The Morgan fingerprint density at radius 1 is 0.960 bits per heavy atom. The molecule has 3 unspecified atom stereocenters. The van der Waals surface area contributed by atoms with Crippen LogP contribution in [0.5, 0.6) is 11.5 Å². The largest absolute Gasteiger partial charge is 0.497 e. The molecule has 1 aromatic carbocycles. The van der Waals surface area contributed by atoms with Crippen LogP contribution in [0.4, 0.5) is 0 Å². The molecule has 4 rings (SSSR count). The summed E-state index contributed by atoms with van der Waals surface area (Å²) in [6.45, 7) is 6.92. The van der Waals surface area contributed by atoms with Crippen LogP contribution in [0.25, 0.3) is 0 Å². The van der Waals surface area contributed by atoms with Gasteiger partial charge in [-0.25, -0.2) is 0 Å². The van der Waals surface area contributed by atoms with E-state index in [0.717, 1.165) is 48.9 Å². The first-order chi connectivity index (χ1) is 12.2. The number of benzene rings is 1. The molecule has 2 aliphatic carbocycles. The fourth-order valence-electron chi connectivity index (χ4n) is 4.79. The van der Waals surface area contributed by atoms with Crippen molar-refractivity contribution in [3.8, 4) is 11.5 Å². The third kappa shape index (κ3) is 3.70. The average molecular weight is 342 g/mol. The van der Waals surface area contributed by atoms with E-state index < -0.39 is 0 Å². The van der Waals surface area contributed by atoms with Crippen LogP contribution in [0.2, 0.25) is 0 Å². The van der Waals surface area contributed by atoms with E-state index in [0.29, 0.717) is 0 Å². The molecule has 2 bridgehead atoms. The van der Waals surface area contributed by atoms with Crippen LogP contribution in [-0.4, -0.2) is 56.7 Å². The highest BCUT2D eigenvalue weighted by Crippen LogP contribution is 2.43. The van der Waals surface area contributed by atoms with Crippen molar-refractivity contribution in [1.82, 2.24) is 9.80 Å². The lowest BCUT2D eigenvalue weighted by Crippen LogP contribution is -2.47. The van der Waals surface area contributed by atoms with Gasteiger partial charge in [-0.2, -0.15) is 0 Å². The van der Waals surface area contributed by atoms with Gasteiger partial charge in [-0.1, -0.05) is 18.2 Å². The minimum Gasteiger partial charge on any atom is -0.497 e. The molecule has 4 heteroatoms. The highest BCUT2D eigenvalue weighted by molar-refractivity contribution is 5.40. The SMILES string of the molecule is COc1ccc(CN2CCN(CC3CC4C=CC3C4)CC2)c(OC)c1. The second-order valence-electron chi connectivity index (χ2n) is 7.79. The fraction of sp³-hybridized carbons (Fsp3) is 0.619. The Morgan fingerprint density at radius 3 is 2.40 bits per heavy atom. The van der Waals surface area contributed by atoms with Crippen LogP contribution in [-0.2, 0) is 6.54 Å². The summed E-state index contributed by atoms with van der Waals surface area (Å²) in [4.78, 5) is 5.22. The predicted molar refractivity (Wildman–Crippen MR) is 100 cm³/mol. The second kappa shape index (κ2) is 7.38. The van der Waals surface area contributed by atoms with Gasteiger partial charge in [0.25, 0.3) is 0 Å². The zero-order valence-electron chi connectivity index (χ0n) is 15.5. The number of ether oxygens (including phenoxy) is 2. The number of piperazine rings is 1. The Morgan fingerprint density at radius 2 is 1.76 bits per heavy atom. The molecule has 4 nitrogen and oxygen atoms in total. The summed E-state index contributed by atoms with van der Waals surface area (Å²) in [6.07, 6.45) is 7.76. The third-order valence-corrected chi connectivity index (χ3v) is 6.26. The van der Waals surface area contributed by atoms with Crippen molar-refractivity contribution in [2.45, 2.75) is 19.4 Å². The number of nitrogens with zero attached hydrogens (tertiary/aromatic N) is 2. The van der Waals surface area contributed by atoms with Gasteiger partial charge in [0.2, 0.25) is 0 Å². The van der Waals surface area contributed by atoms with Gasteiger partial charge in [0.1, 0.15) is 11.5 Å². The molecule has 2 fully saturated rings. The van der Waals surface area contributed by atoms with Gasteiger partial charge in [0, 0.05) is 50.9 Å². The maximum absolute atomic E-state index is 5.54. The van der Waals surface area contributed by atoms with Crippen molar-refractivity contribution in [3.63, 3.8) is 0 Å². The van der Waals surface area contributed by atoms with E-state index in [-0.39, 0.29) is 0 Å². The molecule has 136 valence electrons. The van der Waals surface area contributed by atoms with Crippen LogP contribution in [0.1, 0.15) is 18.4 Å². The highest BCUT2D eigenvalue weighted by atomic mass is 16.5. The quantitative estimate of drug-likeness (QED) is 0.742.